The van der Waals surface area contributed by atoms with Crippen molar-refractivity contribution in [3.63, 3.8) is 0 Å². The lowest BCUT2D eigenvalue weighted by Gasteiger charge is -2.20. The summed E-state index contributed by atoms with van der Waals surface area (Å²) in [5.74, 6) is -0.342. The molecule has 4 N–H and O–H groups in total. The lowest BCUT2D eigenvalue weighted by molar-refractivity contribution is -0.124. The number of allylic oxidation sites excluding steroid dienone is 7. The van der Waals surface area contributed by atoms with Crippen molar-refractivity contribution in [1.82, 2.24) is 5.32 Å². The summed E-state index contributed by atoms with van der Waals surface area (Å²) in [4.78, 5) is 12.4. The maximum absolute atomic E-state index is 12.4. The number of unbranched alkanes of at least 4 members (excludes halogenated alkanes) is 22. The Morgan fingerprint density at radius 3 is 1.35 bits per heavy atom. The fraction of sp³-hybridized carbons (Fsp3) is 0.795. The van der Waals surface area contributed by atoms with Crippen LogP contribution in [0, 0.1) is 0 Å². The maximum Gasteiger partial charge on any atom is 0.222 e. The summed E-state index contributed by atoms with van der Waals surface area (Å²) in [6, 6.07) is -0.771. The Kier molecular flexibility index (Phi) is 37.8. The van der Waals surface area contributed by atoms with Crippen LogP contribution in [-0.4, -0.2) is 46.1 Å². The van der Waals surface area contributed by atoms with Crippen LogP contribution in [0.25, 0.3) is 0 Å². The molecule has 0 radical (unpaired) electrons. The third-order valence-corrected chi connectivity index (χ3v) is 9.32. The molecule has 0 heterocycles. The predicted octanol–water partition coefficient (Wildman–Crippen LogP) is 11.8. The Labute approximate surface area is 304 Å². The van der Waals surface area contributed by atoms with Gasteiger partial charge in [0.15, 0.2) is 0 Å². The molecule has 286 valence electrons. The van der Waals surface area contributed by atoms with E-state index in [0.29, 0.717) is 6.42 Å². The highest BCUT2D eigenvalue weighted by Gasteiger charge is 2.20. The van der Waals surface area contributed by atoms with Crippen molar-refractivity contribution < 1.29 is 20.1 Å². The van der Waals surface area contributed by atoms with Crippen molar-refractivity contribution in [2.24, 2.45) is 0 Å². The quantitative estimate of drug-likeness (QED) is 0.0386. The summed E-state index contributed by atoms with van der Waals surface area (Å²) >= 11 is 0. The minimum absolute atomic E-state index is 0.0102. The lowest BCUT2D eigenvalue weighted by Crippen LogP contribution is -2.45. The molecule has 1 amide bonds. The number of carbonyl (C=O) groups excluding carboxylic acids is 1. The van der Waals surface area contributed by atoms with Crippen LogP contribution in [0.2, 0.25) is 0 Å². The van der Waals surface area contributed by atoms with Crippen molar-refractivity contribution in [3.8, 4) is 0 Å². The summed E-state index contributed by atoms with van der Waals surface area (Å²) in [5.41, 5.74) is 0. The fourth-order valence-corrected chi connectivity index (χ4v) is 6.07. The molecule has 0 aromatic rings. The van der Waals surface area contributed by atoms with Gasteiger partial charge in [0.05, 0.1) is 31.3 Å². The van der Waals surface area contributed by atoms with Gasteiger partial charge in [-0.1, -0.05) is 172 Å². The SMILES string of the molecule is CCCCC/C=C\CCCCCC(O)CC(=O)NC(CO)C(O)/C=C/CC/C=C/CC/C=C/CCCCCCCCCCCCCCCC. The van der Waals surface area contributed by atoms with Gasteiger partial charge < -0.3 is 20.6 Å². The standard InChI is InChI=1S/C44H81NO4/c1-3-5-7-9-11-13-15-16-17-18-19-20-21-22-23-24-25-26-27-28-30-32-34-36-38-43(48)42(40-46)45-44(49)39-41(47)37-35-33-31-29-14-12-10-8-6-4-2/h12,14,24-25,28,30,36,38,41-43,46-48H,3-11,13,15-23,26-27,29,31-35,37,39-40H2,1-2H3,(H,45,49)/b14-12-,25-24+,30-28+,38-36+. The molecule has 5 heteroatoms. The summed E-state index contributed by atoms with van der Waals surface area (Å²) in [5, 5.41) is 33.0. The number of nitrogens with one attached hydrogen (secondary N) is 1. The van der Waals surface area contributed by atoms with Gasteiger partial charge in [-0.2, -0.15) is 0 Å². The summed E-state index contributed by atoms with van der Waals surface area (Å²) in [6.07, 6.45) is 49.8. The normalized spacial score (nSPS) is 14.1. The number of hydrogen-bond donors (Lipinski definition) is 4. The molecule has 3 atom stereocenters. The molecule has 3 unspecified atom stereocenters. The van der Waals surface area contributed by atoms with Gasteiger partial charge in [-0.05, 0) is 70.6 Å². The molecular weight excluding hydrogens is 606 g/mol. The molecule has 0 spiro atoms. The monoisotopic (exact) mass is 688 g/mol. The number of carbonyl (C=O) groups is 1. The average molecular weight is 688 g/mol. The minimum atomic E-state index is -0.963. The smallest absolute Gasteiger partial charge is 0.222 e. The number of rotatable bonds is 37. The molecule has 49 heavy (non-hydrogen) atoms. The van der Waals surface area contributed by atoms with Gasteiger partial charge in [0, 0.05) is 0 Å². The molecule has 0 fully saturated rings. The average Bonchev–Trinajstić information content (AvgIpc) is 3.09. The van der Waals surface area contributed by atoms with E-state index in [2.05, 4.69) is 55.6 Å². The van der Waals surface area contributed by atoms with Crippen LogP contribution in [0.3, 0.4) is 0 Å². The van der Waals surface area contributed by atoms with Gasteiger partial charge in [-0.25, -0.2) is 0 Å². The number of hydrogen-bond acceptors (Lipinski definition) is 4. The molecular formula is C44H81NO4. The van der Waals surface area contributed by atoms with Crippen LogP contribution < -0.4 is 5.32 Å². The summed E-state index contributed by atoms with van der Waals surface area (Å²) in [6.45, 7) is 4.15. The molecule has 0 aliphatic heterocycles. The van der Waals surface area contributed by atoms with Crippen molar-refractivity contribution in [2.75, 3.05) is 6.61 Å². The van der Waals surface area contributed by atoms with E-state index in [4.69, 9.17) is 0 Å². The Bertz CT molecular complexity index is 805. The first-order chi connectivity index (χ1) is 24.0. The van der Waals surface area contributed by atoms with Crippen molar-refractivity contribution in [3.05, 3.63) is 48.6 Å². The molecule has 0 aliphatic rings. The van der Waals surface area contributed by atoms with Gasteiger partial charge in [-0.3, -0.25) is 4.79 Å². The van der Waals surface area contributed by atoms with E-state index >= 15 is 0 Å². The molecule has 0 rings (SSSR count). The van der Waals surface area contributed by atoms with Crippen LogP contribution in [0.1, 0.15) is 200 Å². The third-order valence-electron chi connectivity index (χ3n) is 9.32. The molecule has 0 bridgehead atoms. The van der Waals surface area contributed by atoms with Gasteiger partial charge >= 0.3 is 0 Å². The highest BCUT2D eigenvalue weighted by atomic mass is 16.3. The molecule has 0 saturated heterocycles. The first kappa shape index (κ1) is 47.3. The molecule has 0 aromatic heterocycles. The van der Waals surface area contributed by atoms with Gasteiger partial charge in [0.1, 0.15) is 0 Å². The number of aliphatic hydroxyl groups is 3. The highest BCUT2D eigenvalue weighted by Crippen LogP contribution is 2.14. The van der Waals surface area contributed by atoms with E-state index in [0.717, 1.165) is 57.8 Å². The molecule has 0 saturated carbocycles. The fourth-order valence-electron chi connectivity index (χ4n) is 6.07. The van der Waals surface area contributed by atoms with E-state index < -0.39 is 18.2 Å². The van der Waals surface area contributed by atoms with Crippen molar-refractivity contribution in [1.29, 1.82) is 0 Å². The topological polar surface area (TPSA) is 89.8 Å². The Hall–Kier alpha value is -1.69. The van der Waals surface area contributed by atoms with Gasteiger partial charge in [0.2, 0.25) is 5.91 Å². The predicted molar refractivity (Wildman–Crippen MR) is 213 cm³/mol. The van der Waals surface area contributed by atoms with Crippen LogP contribution in [0.4, 0.5) is 0 Å². The molecule has 0 aliphatic carbocycles. The van der Waals surface area contributed by atoms with E-state index in [1.807, 2.05) is 6.08 Å². The second-order valence-corrected chi connectivity index (χ2v) is 14.2. The largest absolute Gasteiger partial charge is 0.394 e. The first-order valence-electron chi connectivity index (χ1n) is 20.9. The lowest BCUT2D eigenvalue weighted by atomic mass is 10.0. The second-order valence-electron chi connectivity index (χ2n) is 14.2. The van der Waals surface area contributed by atoms with E-state index in [1.54, 1.807) is 6.08 Å². The molecule has 5 nitrogen and oxygen atoms in total. The second kappa shape index (κ2) is 39.1. The van der Waals surface area contributed by atoms with Crippen molar-refractivity contribution >= 4 is 5.91 Å². The van der Waals surface area contributed by atoms with Crippen molar-refractivity contribution in [2.45, 2.75) is 218 Å². The summed E-state index contributed by atoms with van der Waals surface area (Å²) in [7, 11) is 0. The Morgan fingerprint density at radius 1 is 0.510 bits per heavy atom. The zero-order valence-electron chi connectivity index (χ0n) is 32.3. The maximum atomic E-state index is 12.4. The van der Waals surface area contributed by atoms with E-state index in [1.165, 1.54) is 116 Å². The zero-order valence-corrected chi connectivity index (χ0v) is 32.3. The van der Waals surface area contributed by atoms with E-state index in [9.17, 15) is 20.1 Å². The Balaban J connectivity index is 3.74. The highest BCUT2D eigenvalue weighted by molar-refractivity contribution is 5.76. The van der Waals surface area contributed by atoms with Crippen LogP contribution in [0.5, 0.6) is 0 Å². The van der Waals surface area contributed by atoms with Gasteiger partial charge in [-0.15, -0.1) is 0 Å². The Morgan fingerprint density at radius 2 is 0.878 bits per heavy atom. The summed E-state index contributed by atoms with van der Waals surface area (Å²) < 4.78 is 0. The number of aliphatic hydroxyl groups excluding tert-OH is 3. The first-order valence-corrected chi connectivity index (χ1v) is 20.9. The molecule has 0 aromatic carbocycles. The van der Waals surface area contributed by atoms with Crippen LogP contribution in [-0.2, 0) is 4.79 Å². The zero-order chi connectivity index (χ0) is 35.9. The van der Waals surface area contributed by atoms with Crippen LogP contribution in [0.15, 0.2) is 48.6 Å². The third kappa shape index (κ3) is 35.9. The van der Waals surface area contributed by atoms with E-state index in [-0.39, 0.29) is 18.9 Å². The van der Waals surface area contributed by atoms with Crippen LogP contribution >= 0.6 is 0 Å². The van der Waals surface area contributed by atoms with Gasteiger partial charge in [0.25, 0.3) is 0 Å². The minimum Gasteiger partial charge on any atom is -0.394 e. The number of amides is 1.